The van der Waals surface area contributed by atoms with Crippen molar-refractivity contribution in [3.8, 4) is 5.75 Å². The van der Waals surface area contributed by atoms with Crippen LogP contribution in [0.2, 0.25) is 0 Å². The Balaban J connectivity index is 1.99. The minimum absolute atomic E-state index is 0.0220. The summed E-state index contributed by atoms with van der Waals surface area (Å²) in [7, 11) is 0. The van der Waals surface area contributed by atoms with Gasteiger partial charge in [-0.05, 0) is 29.3 Å². The van der Waals surface area contributed by atoms with Gasteiger partial charge in [-0.3, -0.25) is 0 Å². The van der Waals surface area contributed by atoms with Crippen molar-refractivity contribution in [2.45, 2.75) is 6.61 Å². The van der Waals surface area contributed by atoms with Crippen LogP contribution in [0.25, 0.3) is 6.08 Å². The van der Waals surface area contributed by atoms with E-state index in [0.29, 0.717) is 0 Å². The van der Waals surface area contributed by atoms with E-state index in [1.807, 2.05) is 0 Å². The van der Waals surface area contributed by atoms with Crippen molar-refractivity contribution in [2.24, 2.45) is 0 Å². The maximum atomic E-state index is 13.4. The van der Waals surface area contributed by atoms with Crippen molar-refractivity contribution < 1.29 is 23.4 Å². The average Bonchev–Trinajstić information content (AvgIpc) is 2.45. The van der Waals surface area contributed by atoms with Crippen molar-refractivity contribution in [2.75, 3.05) is 0 Å². The maximum Gasteiger partial charge on any atom is 0.328 e. The van der Waals surface area contributed by atoms with E-state index < -0.39 is 17.6 Å². The van der Waals surface area contributed by atoms with Gasteiger partial charge in [0.1, 0.15) is 12.4 Å². The van der Waals surface area contributed by atoms with Gasteiger partial charge in [0, 0.05) is 12.1 Å². The first-order chi connectivity index (χ1) is 10.0. The Bertz CT molecular complexity index is 664. The molecule has 0 atom stereocenters. The molecule has 0 fully saturated rings. The van der Waals surface area contributed by atoms with Crippen LogP contribution in [0.4, 0.5) is 8.78 Å². The summed E-state index contributed by atoms with van der Waals surface area (Å²) in [6.07, 6.45) is 2.51. The van der Waals surface area contributed by atoms with Crippen molar-refractivity contribution in [3.05, 3.63) is 71.3 Å². The number of carbonyl (C=O) groups is 1. The monoisotopic (exact) mass is 290 g/mol. The fourth-order valence-corrected chi connectivity index (χ4v) is 1.65. The first-order valence-corrected chi connectivity index (χ1v) is 6.12. The van der Waals surface area contributed by atoms with Crippen LogP contribution in [-0.2, 0) is 11.4 Å². The molecule has 2 rings (SSSR count). The van der Waals surface area contributed by atoms with Crippen LogP contribution in [0, 0.1) is 11.6 Å². The number of ether oxygens (including phenoxy) is 1. The molecule has 1 N–H and O–H groups in total. The van der Waals surface area contributed by atoms with Gasteiger partial charge < -0.3 is 9.84 Å². The molecular formula is C16H12F2O3. The largest absolute Gasteiger partial charge is 0.486 e. The Hall–Kier alpha value is -2.69. The molecule has 0 aliphatic carbocycles. The van der Waals surface area contributed by atoms with E-state index in [-0.39, 0.29) is 12.4 Å². The third-order valence-electron chi connectivity index (χ3n) is 2.69. The van der Waals surface area contributed by atoms with Crippen LogP contribution in [0.15, 0.2) is 48.5 Å². The van der Waals surface area contributed by atoms with Crippen molar-refractivity contribution in [1.29, 1.82) is 0 Å². The maximum absolute atomic E-state index is 13.4. The summed E-state index contributed by atoms with van der Waals surface area (Å²) in [5, 5.41) is 8.52. The van der Waals surface area contributed by atoms with Gasteiger partial charge in [-0.25, -0.2) is 13.6 Å². The molecule has 5 heteroatoms. The standard InChI is InChI=1S/C16H12F2O3/c17-13-6-7-15(14(18)9-13)21-10-12-3-1-11(2-4-12)5-8-16(19)20/h1-9H,10H2,(H,19,20). The van der Waals surface area contributed by atoms with Crippen LogP contribution in [0.1, 0.15) is 11.1 Å². The van der Waals surface area contributed by atoms with Gasteiger partial charge in [-0.15, -0.1) is 0 Å². The van der Waals surface area contributed by atoms with E-state index in [9.17, 15) is 13.6 Å². The molecule has 0 saturated carbocycles. The number of aliphatic carboxylic acids is 1. The Labute approximate surface area is 120 Å². The molecule has 0 spiro atoms. The van der Waals surface area contributed by atoms with Crippen LogP contribution in [0.3, 0.4) is 0 Å². The molecule has 3 nitrogen and oxygen atoms in total. The Kier molecular flexibility index (Phi) is 4.66. The van der Waals surface area contributed by atoms with Crippen molar-refractivity contribution >= 4 is 12.0 Å². The summed E-state index contributed by atoms with van der Waals surface area (Å²) in [5.41, 5.74) is 1.51. The van der Waals surface area contributed by atoms with E-state index in [0.717, 1.165) is 29.3 Å². The molecule has 0 aromatic heterocycles. The molecule has 108 valence electrons. The summed E-state index contributed by atoms with van der Waals surface area (Å²) >= 11 is 0. The minimum Gasteiger partial charge on any atom is -0.486 e. The van der Waals surface area contributed by atoms with Crippen LogP contribution < -0.4 is 4.74 Å². The zero-order valence-electron chi connectivity index (χ0n) is 10.9. The fraction of sp³-hybridized carbons (Fsp3) is 0.0625. The summed E-state index contributed by atoms with van der Waals surface area (Å²) in [5.74, 6) is -2.45. The molecule has 0 bridgehead atoms. The van der Waals surface area contributed by atoms with Gasteiger partial charge in [-0.2, -0.15) is 0 Å². The number of halogens is 2. The SMILES string of the molecule is O=C(O)C=Cc1ccc(COc2ccc(F)cc2F)cc1. The lowest BCUT2D eigenvalue weighted by atomic mass is 10.1. The molecule has 0 unspecified atom stereocenters. The highest BCUT2D eigenvalue weighted by Crippen LogP contribution is 2.19. The smallest absolute Gasteiger partial charge is 0.328 e. The highest BCUT2D eigenvalue weighted by molar-refractivity contribution is 5.85. The Morgan fingerprint density at radius 2 is 1.86 bits per heavy atom. The van der Waals surface area contributed by atoms with Gasteiger partial charge in [0.05, 0.1) is 0 Å². The summed E-state index contributed by atoms with van der Waals surface area (Å²) < 4.78 is 31.4. The van der Waals surface area contributed by atoms with Gasteiger partial charge in [0.2, 0.25) is 0 Å². The van der Waals surface area contributed by atoms with Crippen LogP contribution >= 0.6 is 0 Å². The van der Waals surface area contributed by atoms with E-state index in [1.54, 1.807) is 24.3 Å². The number of hydrogen-bond donors (Lipinski definition) is 1. The molecule has 2 aromatic rings. The molecule has 0 amide bonds. The Morgan fingerprint density at radius 3 is 2.48 bits per heavy atom. The predicted octanol–water partition coefficient (Wildman–Crippen LogP) is 3.64. The second kappa shape index (κ2) is 6.65. The van der Waals surface area contributed by atoms with E-state index in [2.05, 4.69) is 0 Å². The number of hydrogen-bond acceptors (Lipinski definition) is 2. The molecule has 0 saturated heterocycles. The highest BCUT2D eigenvalue weighted by Gasteiger charge is 2.05. The first kappa shape index (κ1) is 14.7. The number of carboxylic acid groups (broad SMARTS) is 1. The Morgan fingerprint density at radius 1 is 1.14 bits per heavy atom. The zero-order valence-corrected chi connectivity index (χ0v) is 10.9. The lowest BCUT2D eigenvalue weighted by Crippen LogP contribution is -1.97. The molecule has 21 heavy (non-hydrogen) atoms. The normalized spacial score (nSPS) is 10.8. The van der Waals surface area contributed by atoms with E-state index in [4.69, 9.17) is 9.84 Å². The lowest BCUT2D eigenvalue weighted by Gasteiger charge is -2.07. The lowest BCUT2D eigenvalue weighted by molar-refractivity contribution is -0.131. The van der Waals surface area contributed by atoms with Crippen LogP contribution in [-0.4, -0.2) is 11.1 Å². The molecule has 2 aromatic carbocycles. The molecule has 0 aliphatic heterocycles. The number of rotatable bonds is 5. The van der Waals surface area contributed by atoms with Crippen LogP contribution in [0.5, 0.6) is 5.75 Å². The second-order valence-corrected chi connectivity index (χ2v) is 4.28. The third-order valence-corrected chi connectivity index (χ3v) is 2.69. The second-order valence-electron chi connectivity index (χ2n) is 4.28. The van der Waals surface area contributed by atoms with E-state index in [1.165, 1.54) is 12.1 Å². The average molecular weight is 290 g/mol. The van der Waals surface area contributed by atoms with Gasteiger partial charge in [0.15, 0.2) is 11.6 Å². The molecule has 0 radical (unpaired) electrons. The summed E-state index contributed by atoms with van der Waals surface area (Å²) in [6, 6.07) is 10.0. The molecule has 0 aliphatic rings. The first-order valence-electron chi connectivity index (χ1n) is 6.12. The number of carboxylic acids is 1. The summed E-state index contributed by atoms with van der Waals surface area (Å²) in [6.45, 7) is 0.130. The highest BCUT2D eigenvalue weighted by atomic mass is 19.1. The quantitative estimate of drug-likeness (QED) is 0.855. The molecule has 0 heterocycles. The van der Waals surface area contributed by atoms with Gasteiger partial charge in [0.25, 0.3) is 0 Å². The fourth-order valence-electron chi connectivity index (χ4n) is 1.65. The van der Waals surface area contributed by atoms with E-state index >= 15 is 0 Å². The van der Waals surface area contributed by atoms with Gasteiger partial charge >= 0.3 is 5.97 Å². The molecular weight excluding hydrogens is 278 g/mol. The summed E-state index contributed by atoms with van der Waals surface area (Å²) in [4.78, 5) is 10.4. The minimum atomic E-state index is -1.02. The third kappa shape index (κ3) is 4.42. The topological polar surface area (TPSA) is 46.5 Å². The van der Waals surface area contributed by atoms with Gasteiger partial charge in [-0.1, -0.05) is 24.3 Å². The van der Waals surface area contributed by atoms with Crippen molar-refractivity contribution in [3.63, 3.8) is 0 Å². The number of benzene rings is 2. The predicted molar refractivity (Wildman–Crippen MR) is 73.8 cm³/mol. The zero-order chi connectivity index (χ0) is 15.2. The van der Waals surface area contributed by atoms with Crippen molar-refractivity contribution in [1.82, 2.24) is 0 Å².